The molecule has 1 unspecified atom stereocenters. The maximum Gasteiger partial charge on any atom is 0.242 e. The van der Waals surface area contributed by atoms with Crippen molar-refractivity contribution in [2.45, 2.75) is 102 Å². The molecule has 41 heavy (non-hydrogen) atoms. The minimum absolute atomic E-state index is 0.113. The molecule has 1 saturated heterocycles. The van der Waals surface area contributed by atoms with E-state index in [1.165, 1.54) is 37.4 Å². The van der Waals surface area contributed by atoms with Crippen molar-refractivity contribution in [3.05, 3.63) is 0 Å². The zero-order chi connectivity index (χ0) is 30.9. The van der Waals surface area contributed by atoms with Gasteiger partial charge in [0, 0.05) is 19.4 Å². The first-order valence-electron chi connectivity index (χ1n) is 13.9. The van der Waals surface area contributed by atoms with Gasteiger partial charge < -0.3 is 26.1 Å². The molecule has 4 atom stereocenters. The molecule has 1 aliphatic heterocycles. The Morgan fingerprint density at radius 1 is 0.854 bits per heavy atom. The molecule has 0 bridgehead atoms. The van der Waals surface area contributed by atoms with Gasteiger partial charge in [-0.05, 0) is 58.6 Å². The second kappa shape index (κ2) is 19.6. The van der Waals surface area contributed by atoms with Crippen LogP contribution in [0.1, 0.15) is 78.6 Å². The van der Waals surface area contributed by atoms with Crippen molar-refractivity contribution in [2.24, 2.45) is 0 Å². The monoisotopic (exact) mass is 611 g/mol. The maximum absolute atomic E-state index is 12.4. The van der Waals surface area contributed by atoms with E-state index in [0.717, 1.165) is 25.0 Å². The highest BCUT2D eigenvalue weighted by molar-refractivity contribution is 7.99. The van der Waals surface area contributed by atoms with Crippen LogP contribution in [0.25, 0.3) is 0 Å². The Balaban J connectivity index is 2.21. The van der Waals surface area contributed by atoms with Gasteiger partial charge in [0.25, 0.3) is 0 Å². The number of unbranched alkanes of at least 4 members (excludes halogenated alkanes) is 4. The van der Waals surface area contributed by atoms with Crippen molar-refractivity contribution < 1.29 is 33.6 Å². The fraction of sp³-hybridized carbons (Fsp3) is 0.731. The molecule has 228 valence electrons. The summed E-state index contributed by atoms with van der Waals surface area (Å²) in [4.78, 5) is 84.8. The summed E-state index contributed by atoms with van der Waals surface area (Å²) < 4.78 is 0. The lowest BCUT2D eigenvalue weighted by molar-refractivity contribution is -0.138. The highest BCUT2D eigenvalue weighted by atomic mass is 32.2. The van der Waals surface area contributed by atoms with Gasteiger partial charge in [-0.2, -0.15) is 12.6 Å². The third-order valence-electron chi connectivity index (χ3n) is 6.34. The number of hydrogen-bond donors (Lipinski definition) is 5. The molecule has 0 saturated carbocycles. The molecule has 15 heteroatoms. The van der Waals surface area contributed by atoms with Crippen molar-refractivity contribution in [1.29, 1.82) is 0 Å². The lowest BCUT2D eigenvalue weighted by atomic mass is 9.97. The second-order valence-electron chi connectivity index (χ2n) is 10.0. The highest BCUT2D eigenvalue weighted by Gasteiger charge is 2.35. The average Bonchev–Trinajstić information content (AvgIpc) is 3.14. The lowest BCUT2D eigenvalue weighted by Gasteiger charge is -2.20. The Morgan fingerprint density at radius 3 is 2.00 bits per heavy atom. The summed E-state index contributed by atoms with van der Waals surface area (Å²) in [6.45, 7) is 4.82. The molecule has 2 radical (unpaired) electrons. The normalized spacial score (nSPS) is 17.0. The Labute approximate surface area is 252 Å². The third kappa shape index (κ3) is 14.8. The minimum Gasteiger partial charge on any atom is -0.345 e. The summed E-state index contributed by atoms with van der Waals surface area (Å²) in [6, 6.07) is -2.62. The zero-order valence-electron chi connectivity index (χ0n) is 24.0. The van der Waals surface area contributed by atoms with Gasteiger partial charge in [-0.1, -0.05) is 12.8 Å². The summed E-state index contributed by atoms with van der Waals surface area (Å²) in [7, 11) is 5.09. The molecule has 0 spiro atoms. The van der Waals surface area contributed by atoms with Crippen LogP contribution in [0.4, 0.5) is 0 Å². The van der Waals surface area contributed by atoms with E-state index in [-0.39, 0.29) is 42.2 Å². The van der Waals surface area contributed by atoms with Crippen molar-refractivity contribution in [3.63, 3.8) is 0 Å². The van der Waals surface area contributed by atoms with Crippen LogP contribution in [0.15, 0.2) is 0 Å². The topological polar surface area (TPSA) is 171 Å². The van der Waals surface area contributed by atoms with Crippen LogP contribution in [-0.2, 0) is 33.6 Å². The van der Waals surface area contributed by atoms with Gasteiger partial charge in [0.05, 0.1) is 16.8 Å². The van der Waals surface area contributed by atoms with Crippen LogP contribution in [0.5, 0.6) is 0 Å². The predicted molar refractivity (Wildman–Crippen MR) is 160 cm³/mol. The van der Waals surface area contributed by atoms with Gasteiger partial charge in [-0.15, -0.1) is 11.8 Å². The largest absolute Gasteiger partial charge is 0.345 e. The van der Waals surface area contributed by atoms with Crippen LogP contribution < -0.4 is 21.3 Å². The number of nitrogens with zero attached hydrogens (tertiary/aromatic N) is 1. The predicted octanol–water partition coefficient (Wildman–Crippen LogP) is 0.181. The van der Waals surface area contributed by atoms with Crippen LogP contribution in [0.2, 0.25) is 0 Å². The number of carbonyl (C=O) groups excluding carboxylic acids is 7. The van der Waals surface area contributed by atoms with E-state index in [9.17, 15) is 33.6 Å². The third-order valence-corrected chi connectivity index (χ3v) is 7.67. The van der Waals surface area contributed by atoms with Crippen molar-refractivity contribution in [1.82, 2.24) is 26.2 Å². The maximum atomic E-state index is 12.4. The quantitative estimate of drug-likeness (QED) is 0.0427. The SMILES string of the molecule is [B]C(=O)CCCCCSCNC(=O)[C@H](C)NC(=O)[C@@H](C)NC(=O)[C@H](C)NC(=O)CCCCCN1C(=O)CC(S)C1=O. The number of hydrogen-bond acceptors (Lipinski definition) is 9. The molecule has 1 fully saturated rings. The van der Waals surface area contributed by atoms with E-state index in [4.69, 9.17) is 7.85 Å². The van der Waals surface area contributed by atoms with E-state index >= 15 is 0 Å². The number of likely N-dealkylation sites (tertiary alicyclic amines) is 1. The molecule has 0 aliphatic carbocycles. The van der Waals surface area contributed by atoms with E-state index in [0.29, 0.717) is 38.1 Å². The van der Waals surface area contributed by atoms with Gasteiger partial charge in [-0.3, -0.25) is 33.7 Å². The van der Waals surface area contributed by atoms with Crippen LogP contribution >= 0.6 is 24.4 Å². The molecule has 0 aromatic heterocycles. The van der Waals surface area contributed by atoms with E-state index in [2.05, 4.69) is 33.9 Å². The first-order valence-corrected chi connectivity index (χ1v) is 15.6. The molecule has 1 heterocycles. The Morgan fingerprint density at radius 2 is 1.41 bits per heavy atom. The van der Waals surface area contributed by atoms with Gasteiger partial charge in [0.2, 0.25) is 35.4 Å². The average molecular weight is 612 g/mol. The minimum atomic E-state index is -0.931. The summed E-state index contributed by atoms with van der Waals surface area (Å²) >= 11 is 5.61. The number of amides is 6. The van der Waals surface area contributed by atoms with E-state index in [1.54, 1.807) is 0 Å². The molecule has 0 aromatic rings. The molecule has 1 aliphatic rings. The standard InChI is InChI=1S/C26H42BN5O7S2/c1-16(23(36)28-15-41-13-9-5-6-10-20(27)33)30-25(38)18(3)31-24(37)17(2)29-21(34)11-7-4-8-12-32-22(35)14-19(40)26(32)39/h16-19,40H,4-15H2,1-3H3,(H,28,36)(H,29,34)(H,30,38)(H,31,37)/t16-,17-,18+,19?/m0/s1. The fourth-order valence-electron chi connectivity index (χ4n) is 3.85. The molecular formula is C26H42BN5O7S2. The van der Waals surface area contributed by atoms with Crippen LogP contribution in [0, 0.1) is 0 Å². The van der Waals surface area contributed by atoms with Crippen molar-refractivity contribution >= 4 is 73.4 Å². The lowest BCUT2D eigenvalue weighted by Crippen LogP contribution is -2.54. The van der Waals surface area contributed by atoms with Gasteiger partial charge >= 0.3 is 0 Å². The fourth-order valence-corrected chi connectivity index (χ4v) is 4.94. The Hall–Kier alpha value is -2.55. The molecule has 6 amide bonds. The summed E-state index contributed by atoms with van der Waals surface area (Å²) in [5.74, 6) is -1.09. The zero-order valence-corrected chi connectivity index (χ0v) is 25.7. The number of thioether (sulfide) groups is 1. The van der Waals surface area contributed by atoms with Gasteiger partial charge in [-0.25, -0.2) is 0 Å². The van der Waals surface area contributed by atoms with Crippen molar-refractivity contribution in [2.75, 3.05) is 18.2 Å². The summed E-state index contributed by atoms with van der Waals surface area (Å²) in [5, 5.41) is 9.82. The molecule has 1 rings (SSSR count). The molecule has 0 aromatic carbocycles. The van der Waals surface area contributed by atoms with Gasteiger partial charge in [0.1, 0.15) is 18.1 Å². The first-order chi connectivity index (χ1) is 19.3. The van der Waals surface area contributed by atoms with E-state index in [1.807, 2.05) is 0 Å². The number of imide groups is 1. The number of nitrogens with one attached hydrogen (secondary N) is 4. The van der Waals surface area contributed by atoms with Gasteiger partial charge in [0.15, 0.2) is 7.85 Å². The van der Waals surface area contributed by atoms with E-state index < -0.39 is 35.2 Å². The first kappa shape index (κ1) is 36.5. The second-order valence-corrected chi connectivity index (χ2v) is 11.8. The number of rotatable bonds is 20. The Bertz CT molecular complexity index is 955. The summed E-state index contributed by atoms with van der Waals surface area (Å²) in [5.41, 5.74) is -0.308. The molecule has 12 nitrogen and oxygen atoms in total. The van der Waals surface area contributed by atoms with Crippen LogP contribution in [0.3, 0.4) is 0 Å². The number of thiol groups is 1. The van der Waals surface area contributed by atoms with Crippen LogP contribution in [-0.4, -0.2) is 95.4 Å². The smallest absolute Gasteiger partial charge is 0.242 e. The highest BCUT2D eigenvalue weighted by Crippen LogP contribution is 2.18. The molecule has 4 N–H and O–H groups in total. The van der Waals surface area contributed by atoms with Crippen molar-refractivity contribution in [3.8, 4) is 0 Å². The summed E-state index contributed by atoms with van der Waals surface area (Å²) in [6.07, 6.45) is 4.91. The number of carbonyl (C=O) groups is 7. The Kier molecular flexibility index (Phi) is 17.4. The molecular weight excluding hydrogens is 569 g/mol.